The summed E-state index contributed by atoms with van der Waals surface area (Å²) in [5.74, 6) is 2.32. The van der Waals surface area contributed by atoms with E-state index in [1.165, 1.54) is 0 Å². The van der Waals surface area contributed by atoms with Gasteiger partial charge in [-0.25, -0.2) is 0 Å². The molecule has 0 aromatic heterocycles. The Morgan fingerprint density at radius 2 is 0.919 bits per heavy atom. The van der Waals surface area contributed by atoms with Crippen molar-refractivity contribution in [3.05, 3.63) is 79.9 Å². The summed E-state index contributed by atoms with van der Waals surface area (Å²) in [5.41, 5.74) is 16.2. The predicted octanol–water partition coefficient (Wildman–Crippen LogP) is 4.81. The molecule has 0 radical (unpaired) electrons. The van der Waals surface area contributed by atoms with Crippen LogP contribution in [0.25, 0.3) is 12.2 Å². The molecule has 1 fully saturated rings. The number of fused-ring (bicyclic) bond motifs is 2. The zero-order valence-electron chi connectivity index (χ0n) is 24.6. The van der Waals surface area contributed by atoms with Crippen LogP contribution in [0.2, 0.25) is 8.26 Å². The van der Waals surface area contributed by atoms with Crippen LogP contribution in [0.5, 0.6) is 0 Å². The van der Waals surface area contributed by atoms with Crippen LogP contribution in [0.15, 0.2) is 35.4 Å². The average Bonchev–Trinajstić information content (AvgIpc) is 3.36. The summed E-state index contributed by atoms with van der Waals surface area (Å²) in [6, 6.07) is 10.3. The summed E-state index contributed by atoms with van der Waals surface area (Å²) in [4.78, 5) is 0. The van der Waals surface area contributed by atoms with E-state index >= 15 is 0 Å². The van der Waals surface area contributed by atoms with Gasteiger partial charge >= 0.3 is 221 Å². The number of allylic oxidation sites excluding steroid dienone is 2. The van der Waals surface area contributed by atoms with Crippen LogP contribution >= 0.6 is 0 Å². The van der Waals surface area contributed by atoms with E-state index < -0.39 is 20.3 Å². The van der Waals surface area contributed by atoms with Crippen molar-refractivity contribution in [2.24, 2.45) is 0 Å². The minimum Gasteiger partial charge on any atom is -1.00 e. The molecule has 3 aliphatic rings. The van der Waals surface area contributed by atoms with Gasteiger partial charge in [0.15, 0.2) is 0 Å². The maximum atomic E-state index is 2.64. The fraction of sp³-hybridized carbons (Fsp3) is 0.529. The Labute approximate surface area is 244 Å². The zero-order valence-corrected chi connectivity index (χ0v) is 28.6. The smallest absolute Gasteiger partial charge is 1.00 e. The molecule has 5 rings (SSSR count). The van der Waals surface area contributed by atoms with Gasteiger partial charge in [-0.2, -0.15) is 0 Å². The summed E-state index contributed by atoms with van der Waals surface area (Å²) in [6.07, 6.45) is 5.21. The summed E-state index contributed by atoms with van der Waals surface area (Å²) < 4.78 is 4.59. The number of hydrogen-bond acceptors (Lipinski definition) is 0. The summed E-state index contributed by atoms with van der Waals surface area (Å²) >= 11 is -2.56. The number of hydrogen-bond donors (Lipinski definition) is 0. The van der Waals surface area contributed by atoms with Gasteiger partial charge in [0, 0.05) is 0 Å². The molecular formula is C34H46Cl2Zr. The van der Waals surface area contributed by atoms with Gasteiger partial charge in [0.1, 0.15) is 0 Å². The van der Waals surface area contributed by atoms with Gasteiger partial charge in [0.25, 0.3) is 0 Å². The van der Waals surface area contributed by atoms with E-state index in [-0.39, 0.29) is 24.8 Å². The third-order valence-corrected chi connectivity index (χ3v) is 22.9. The Bertz CT molecular complexity index is 1150. The molecule has 37 heavy (non-hydrogen) atoms. The fourth-order valence-corrected chi connectivity index (χ4v) is 25.1. The summed E-state index contributed by atoms with van der Waals surface area (Å²) in [7, 11) is 0. The molecule has 1 saturated heterocycles. The fourth-order valence-electron chi connectivity index (χ4n) is 7.41. The second-order valence-corrected chi connectivity index (χ2v) is 24.6. The summed E-state index contributed by atoms with van der Waals surface area (Å²) in [6.45, 7) is 23.9. The van der Waals surface area contributed by atoms with Crippen LogP contribution in [0, 0.1) is 0 Å². The molecule has 1 aliphatic heterocycles. The van der Waals surface area contributed by atoms with Crippen molar-refractivity contribution in [2.75, 3.05) is 0 Å². The van der Waals surface area contributed by atoms with E-state index in [4.69, 9.17) is 0 Å². The first-order valence-corrected chi connectivity index (χ1v) is 20.5. The zero-order chi connectivity index (χ0) is 25.4. The van der Waals surface area contributed by atoms with Crippen LogP contribution in [-0.4, -0.2) is 0 Å². The molecule has 2 unspecified atom stereocenters. The van der Waals surface area contributed by atoms with Crippen molar-refractivity contribution in [1.82, 2.24) is 0 Å². The Kier molecular flexibility index (Phi) is 9.28. The van der Waals surface area contributed by atoms with Gasteiger partial charge in [0.2, 0.25) is 0 Å². The van der Waals surface area contributed by atoms with E-state index in [2.05, 4.69) is 106 Å². The molecule has 2 aromatic rings. The number of benzene rings is 2. The largest absolute Gasteiger partial charge is 1.00 e. The van der Waals surface area contributed by atoms with Crippen LogP contribution < -0.4 is 24.8 Å². The molecule has 0 N–H and O–H groups in total. The van der Waals surface area contributed by atoms with Crippen molar-refractivity contribution >= 4 is 12.2 Å². The Hall–Kier alpha value is -0.617. The molecule has 2 atom stereocenters. The molecular weight excluding hydrogens is 571 g/mol. The third-order valence-electron chi connectivity index (χ3n) is 9.36. The molecule has 200 valence electrons. The van der Waals surface area contributed by atoms with E-state index in [9.17, 15) is 0 Å². The third kappa shape index (κ3) is 5.05. The normalized spacial score (nSPS) is 20.2. The van der Waals surface area contributed by atoms with Gasteiger partial charge in [0.05, 0.1) is 0 Å². The van der Waals surface area contributed by atoms with Crippen molar-refractivity contribution in [2.45, 2.75) is 108 Å². The van der Waals surface area contributed by atoms with Gasteiger partial charge in [-0.15, -0.1) is 0 Å². The van der Waals surface area contributed by atoms with Gasteiger partial charge < -0.3 is 24.8 Å². The topological polar surface area (TPSA) is 0 Å². The first kappa shape index (κ1) is 30.9. The Morgan fingerprint density at radius 3 is 1.19 bits per heavy atom. The first-order valence-electron chi connectivity index (χ1n) is 14.2. The summed E-state index contributed by atoms with van der Waals surface area (Å²) in [5, 5.41) is 0. The molecule has 0 saturated carbocycles. The molecule has 0 nitrogen and oxygen atoms in total. The van der Waals surface area contributed by atoms with Crippen molar-refractivity contribution in [1.29, 1.82) is 0 Å². The van der Waals surface area contributed by atoms with E-state index in [1.54, 1.807) is 63.9 Å². The molecule has 0 spiro atoms. The van der Waals surface area contributed by atoms with Crippen molar-refractivity contribution in [3.63, 3.8) is 0 Å². The molecule has 1 heterocycles. The number of halogens is 2. The Balaban J connectivity index is 0.00000190. The van der Waals surface area contributed by atoms with Gasteiger partial charge in [-0.1, -0.05) is 0 Å². The number of rotatable bonds is 6. The Morgan fingerprint density at radius 1 is 0.568 bits per heavy atom. The second-order valence-electron chi connectivity index (χ2n) is 13.2. The molecule has 0 bridgehead atoms. The minimum absolute atomic E-state index is 0. The molecule has 2 aromatic carbocycles. The van der Waals surface area contributed by atoms with Crippen LogP contribution in [0.1, 0.15) is 145 Å². The van der Waals surface area contributed by atoms with Crippen LogP contribution in [0.3, 0.4) is 0 Å². The standard InChI is InChI=1S/2C16H21.C2H4.2ClH.Zr/c2*1-10(2)13-8-14-6-12(5)7-16(14)15(9-13)11(3)4;1-2;;;/h2*6-11H,1-5H3;1-2H2;2*1H;/q;;;;;+2/p-2. The first-order chi connectivity index (χ1) is 16.5. The average molecular weight is 617 g/mol. The SMILES string of the molecule is CC1=Cc2c(C(C)C)cc(C(C)C)cc2[CH]1[Zr+2]1([CH]2C(C)=Cc3c(C(C)C)cc(C(C)C)cc32)[CH2][CH2]1.[Cl-].[Cl-]. The van der Waals surface area contributed by atoms with E-state index in [0.29, 0.717) is 23.7 Å². The quantitative estimate of drug-likeness (QED) is 0.437. The van der Waals surface area contributed by atoms with Crippen LogP contribution in [0.4, 0.5) is 0 Å². The van der Waals surface area contributed by atoms with Crippen molar-refractivity contribution in [3.8, 4) is 0 Å². The predicted molar refractivity (Wildman–Crippen MR) is 152 cm³/mol. The maximum Gasteiger partial charge on any atom is -1.00 e. The van der Waals surface area contributed by atoms with E-state index in [0.717, 1.165) is 7.25 Å². The molecule has 0 amide bonds. The molecule has 3 heteroatoms. The second kappa shape index (κ2) is 11.1. The van der Waals surface area contributed by atoms with Crippen LogP contribution in [-0.2, 0) is 20.3 Å². The van der Waals surface area contributed by atoms with Gasteiger partial charge in [-0.3, -0.25) is 0 Å². The minimum atomic E-state index is -2.56. The molecule has 2 aliphatic carbocycles. The van der Waals surface area contributed by atoms with Gasteiger partial charge in [-0.05, 0) is 0 Å². The van der Waals surface area contributed by atoms with Crippen molar-refractivity contribution < 1.29 is 45.1 Å². The maximum absolute atomic E-state index is 2.64. The van der Waals surface area contributed by atoms with E-state index in [1.807, 2.05) is 0 Å². The monoisotopic (exact) mass is 614 g/mol.